The molecule has 3 nitrogen and oxygen atoms in total. The number of carbonyl (C=O) groups is 1. The van der Waals surface area contributed by atoms with Crippen molar-refractivity contribution in [2.45, 2.75) is 63.3 Å². The van der Waals surface area contributed by atoms with Crippen LogP contribution in [-0.2, 0) is 4.79 Å². The summed E-state index contributed by atoms with van der Waals surface area (Å²) >= 11 is 0. The zero-order chi connectivity index (χ0) is 15.7. The zero-order valence-electron chi connectivity index (χ0n) is 13.0. The van der Waals surface area contributed by atoms with Crippen molar-refractivity contribution in [2.24, 2.45) is 29.1 Å². The molecule has 0 aromatic heterocycles. The van der Waals surface area contributed by atoms with Crippen LogP contribution in [0.2, 0.25) is 0 Å². The van der Waals surface area contributed by atoms with Crippen molar-refractivity contribution in [1.29, 1.82) is 0 Å². The number of rotatable bonds is 0. The minimum absolute atomic E-state index is 0.151. The molecular weight excluding hydrogens is 283 g/mol. The van der Waals surface area contributed by atoms with Gasteiger partial charge in [-0.15, -0.1) is 0 Å². The second kappa shape index (κ2) is 4.64. The lowest BCUT2D eigenvalue weighted by Gasteiger charge is -2.57. The average Bonchev–Trinajstić information content (AvgIpc) is 2.66. The monoisotopic (exact) mass is 308 g/mol. The van der Waals surface area contributed by atoms with Crippen LogP contribution in [0.1, 0.15) is 45.4 Å². The van der Waals surface area contributed by atoms with Crippen molar-refractivity contribution in [2.75, 3.05) is 0 Å². The molecule has 0 aliphatic heterocycles. The summed E-state index contributed by atoms with van der Waals surface area (Å²) in [7, 11) is 0. The van der Waals surface area contributed by atoms with E-state index in [1.165, 1.54) is 0 Å². The Morgan fingerprint density at radius 3 is 2.77 bits per heavy atom. The Balaban J connectivity index is 1.71. The zero-order valence-corrected chi connectivity index (χ0v) is 13.0. The van der Waals surface area contributed by atoms with E-state index < -0.39 is 23.3 Å². The van der Waals surface area contributed by atoms with Crippen LogP contribution in [0, 0.1) is 29.1 Å². The van der Waals surface area contributed by atoms with Crippen LogP contribution in [0.3, 0.4) is 0 Å². The lowest BCUT2D eigenvalue weighted by Crippen LogP contribution is -2.61. The van der Waals surface area contributed by atoms with Crippen molar-refractivity contribution in [3.63, 3.8) is 0 Å². The fourth-order valence-corrected chi connectivity index (χ4v) is 6.19. The SMILES string of the molecule is C[C@]12CC[C@H]3[C@@H](CCC4CC(=O)C=C[C@@H]43)[C@@]1(F)C(O)C[C@@H]2O. The molecule has 3 fully saturated rings. The summed E-state index contributed by atoms with van der Waals surface area (Å²) in [6, 6.07) is 0. The van der Waals surface area contributed by atoms with Crippen LogP contribution in [0.15, 0.2) is 12.2 Å². The number of aliphatic hydroxyl groups is 2. The first-order valence-corrected chi connectivity index (χ1v) is 8.64. The molecule has 0 saturated heterocycles. The number of alkyl halides is 1. The van der Waals surface area contributed by atoms with Gasteiger partial charge in [0.2, 0.25) is 0 Å². The van der Waals surface area contributed by atoms with Crippen molar-refractivity contribution >= 4 is 5.78 Å². The molecule has 8 atom stereocenters. The van der Waals surface area contributed by atoms with Gasteiger partial charge in [0.05, 0.1) is 12.2 Å². The molecule has 3 saturated carbocycles. The highest BCUT2D eigenvalue weighted by Crippen LogP contribution is 2.65. The Morgan fingerprint density at radius 1 is 1.23 bits per heavy atom. The number of hydrogen-bond donors (Lipinski definition) is 2. The molecule has 0 amide bonds. The van der Waals surface area contributed by atoms with Crippen LogP contribution < -0.4 is 0 Å². The van der Waals surface area contributed by atoms with Crippen molar-refractivity contribution < 1.29 is 19.4 Å². The molecule has 0 aromatic rings. The summed E-state index contributed by atoms with van der Waals surface area (Å²) in [5.74, 6) is 0.791. The predicted octanol–water partition coefficient (Wildman–Crippen LogP) is 2.41. The van der Waals surface area contributed by atoms with E-state index >= 15 is 4.39 Å². The van der Waals surface area contributed by atoms with Gasteiger partial charge >= 0.3 is 0 Å². The molecule has 4 heteroatoms. The summed E-state index contributed by atoms with van der Waals surface area (Å²) < 4.78 is 16.1. The largest absolute Gasteiger partial charge is 0.392 e. The fourth-order valence-electron chi connectivity index (χ4n) is 6.19. The lowest BCUT2D eigenvalue weighted by molar-refractivity contribution is -0.176. The highest BCUT2D eigenvalue weighted by molar-refractivity contribution is 5.90. The number of halogens is 1. The Kier molecular flexibility index (Phi) is 3.12. The van der Waals surface area contributed by atoms with Gasteiger partial charge in [-0.3, -0.25) is 4.79 Å². The molecule has 4 rings (SSSR count). The highest BCUT2D eigenvalue weighted by atomic mass is 19.1. The maximum Gasteiger partial charge on any atom is 0.155 e. The third-order valence-corrected chi connectivity index (χ3v) is 7.45. The van der Waals surface area contributed by atoms with Gasteiger partial charge in [-0.05, 0) is 55.4 Å². The molecule has 4 aliphatic rings. The maximum atomic E-state index is 16.1. The predicted molar refractivity (Wildman–Crippen MR) is 79.8 cm³/mol. The van der Waals surface area contributed by atoms with Crippen molar-refractivity contribution in [1.82, 2.24) is 0 Å². The Hall–Kier alpha value is -0.740. The third kappa shape index (κ3) is 1.66. The number of ketones is 1. The minimum Gasteiger partial charge on any atom is -0.392 e. The molecule has 0 bridgehead atoms. The smallest absolute Gasteiger partial charge is 0.155 e. The summed E-state index contributed by atoms with van der Waals surface area (Å²) in [5.41, 5.74) is -2.51. The van der Waals surface area contributed by atoms with Crippen LogP contribution in [0.25, 0.3) is 0 Å². The van der Waals surface area contributed by atoms with Crippen LogP contribution in [-0.4, -0.2) is 33.9 Å². The Bertz CT molecular complexity index is 532. The van der Waals surface area contributed by atoms with Crippen LogP contribution >= 0.6 is 0 Å². The van der Waals surface area contributed by atoms with E-state index in [0.29, 0.717) is 18.8 Å². The molecule has 22 heavy (non-hydrogen) atoms. The van der Waals surface area contributed by atoms with E-state index in [9.17, 15) is 15.0 Å². The molecule has 0 radical (unpaired) electrons. The maximum absolute atomic E-state index is 16.1. The second-order valence-corrected chi connectivity index (χ2v) is 8.21. The van der Waals surface area contributed by atoms with Gasteiger partial charge in [0.25, 0.3) is 0 Å². The third-order valence-electron chi connectivity index (χ3n) is 7.45. The van der Waals surface area contributed by atoms with Gasteiger partial charge < -0.3 is 10.2 Å². The molecule has 2 N–H and O–H groups in total. The molecule has 0 heterocycles. The van der Waals surface area contributed by atoms with E-state index in [1.807, 2.05) is 13.0 Å². The molecule has 122 valence electrons. The Labute approximate surface area is 130 Å². The minimum atomic E-state index is -1.68. The molecule has 0 aromatic carbocycles. The van der Waals surface area contributed by atoms with E-state index in [1.54, 1.807) is 6.08 Å². The van der Waals surface area contributed by atoms with Gasteiger partial charge in [-0.2, -0.15) is 0 Å². The fraction of sp³-hybridized carbons (Fsp3) is 0.833. The van der Waals surface area contributed by atoms with Crippen molar-refractivity contribution in [3.8, 4) is 0 Å². The van der Waals surface area contributed by atoms with Gasteiger partial charge in [-0.1, -0.05) is 13.0 Å². The van der Waals surface area contributed by atoms with Gasteiger partial charge in [0, 0.05) is 18.3 Å². The van der Waals surface area contributed by atoms with Crippen LogP contribution in [0.4, 0.5) is 4.39 Å². The van der Waals surface area contributed by atoms with Crippen LogP contribution in [0.5, 0.6) is 0 Å². The average molecular weight is 308 g/mol. The van der Waals surface area contributed by atoms with E-state index in [4.69, 9.17) is 0 Å². The quantitative estimate of drug-likeness (QED) is 0.722. The topological polar surface area (TPSA) is 57.5 Å². The molecule has 2 unspecified atom stereocenters. The number of hydrogen-bond acceptors (Lipinski definition) is 3. The number of aliphatic hydroxyl groups excluding tert-OH is 2. The van der Waals surface area contributed by atoms with E-state index in [-0.39, 0.29) is 30.0 Å². The summed E-state index contributed by atoms with van der Waals surface area (Å²) in [4.78, 5) is 11.6. The molecular formula is C18H25FO3. The summed E-state index contributed by atoms with van der Waals surface area (Å²) in [6.45, 7) is 1.82. The number of fused-ring (bicyclic) bond motifs is 5. The van der Waals surface area contributed by atoms with Gasteiger partial charge in [0.1, 0.15) is 5.67 Å². The summed E-state index contributed by atoms with van der Waals surface area (Å²) in [5, 5.41) is 20.7. The van der Waals surface area contributed by atoms with Crippen molar-refractivity contribution in [3.05, 3.63) is 12.2 Å². The molecule has 0 spiro atoms. The Morgan fingerprint density at radius 2 is 2.00 bits per heavy atom. The van der Waals surface area contributed by atoms with E-state index in [0.717, 1.165) is 19.3 Å². The first-order valence-electron chi connectivity index (χ1n) is 8.64. The first kappa shape index (κ1) is 14.8. The van der Waals surface area contributed by atoms with Gasteiger partial charge in [0.15, 0.2) is 5.78 Å². The molecule has 4 aliphatic carbocycles. The summed E-state index contributed by atoms with van der Waals surface area (Å²) in [6.07, 6.45) is 5.67. The van der Waals surface area contributed by atoms with Gasteiger partial charge in [-0.25, -0.2) is 4.39 Å². The first-order chi connectivity index (χ1) is 10.4. The standard InChI is InChI=1S/C18H25FO3/c1-17-7-6-13-12-4-3-11(20)8-10(12)2-5-14(13)18(17,19)16(22)9-15(17)21/h3-4,10,12-16,21-22H,2,5-9H2,1H3/t10?,12-,13+,14+,15-,16?,17+,18+/m0/s1. The highest BCUT2D eigenvalue weighted by Gasteiger charge is 2.70. The second-order valence-electron chi connectivity index (χ2n) is 8.21. The normalized spacial score (nSPS) is 57.2. The lowest BCUT2D eigenvalue weighted by atomic mass is 9.49. The number of allylic oxidation sites excluding steroid dienone is 2. The van der Waals surface area contributed by atoms with E-state index in [2.05, 4.69) is 0 Å². The number of carbonyl (C=O) groups excluding carboxylic acids is 1.